The Bertz CT molecular complexity index is 1120. The molecule has 0 bridgehead atoms. The summed E-state index contributed by atoms with van der Waals surface area (Å²) in [7, 11) is 0. The normalized spacial score (nSPS) is 23.9. The van der Waals surface area contributed by atoms with E-state index in [4.69, 9.17) is 9.47 Å². The lowest BCUT2D eigenvalue weighted by Crippen LogP contribution is -2.20. The minimum absolute atomic E-state index is 0.00851. The number of rotatable bonds is 3. The Morgan fingerprint density at radius 2 is 2.11 bits per heavy atom. The topological polar surface area (TPSA) is 89.1 Å². The smallest absolute Gasteiger partial charge is 0.225 e. The highest BCUT2D eigenvalue weighted by Crippen LogP contribution is 2.63. The lowest BCUT2D eigenvalue weighted by atomic mass is 10.1. The van der Waals surface area contributed by atoms with Crippen LogP contribution in [0.2, 0.25) is 0 Å². The van der Waals surface area contributed by atoms with Gasteiger partial charge in [0.05, 0.1) is 5.92 Å². The number of hydrogen-bond acceptors (Lipinski definition) is 5. The number of aryl methyl sites for hydroxylation is 1. The first kappa shape index (κ1) is 15.7. The lowest BCUT2D eigenvalue weighted by molar-refractivity contribution is -0.116. The van der Waals surface area contributed by atoms with Crippen molar-refractivity contribution >= 4 is 11.7 Å². The number of benzene rings is 1. The number of aromatic amines is 1. The number of nitrogens with one attached hydrogen (secondary N) is 2. The Balaban J connectivity index is 1.29. The Morgan fingerprint density at radius 1 is 1.18 bits per heavy atom. The number of hydrogen-bond donors (Lipinski definition) is 2. The summed E-state index contributed by atoms with van der Waals surface area (Å²) in [6.45, 7) is 2.01. The van der Waals surface area contributed by atoms with E-state index in [9.17, 15) is 4.79 Å². The number of carbonyl (C=O) groups is 1. The molecular formula is C21H18N4O3. The van der Waals surface area contributed by atoms with Crippen molar-refractivity contribution in [3.63, 3.8) is 0 Å². The highest BCUT2D eigenvalue weighted by Gasteiger charge is 2.61. The number of fused-ring (bicyclic) bond motifs is 4. The summed E-state index contributed by atoms with van der Waals surface area (Å²) in [5, 5.41) is 2.81. The van der Waals surface area contributed by atoms with Crippen LogP contribution < -0.4 is 14.8 Å². The summed E-state index contributed by atoms with van der Waals surface area (Å²) in [5.41, 5.74) is 3.16. The van der Waals surface area contributed by atoms with Gasteiger partial charge in [-0.05, 0) is 37.6 Å². The van der Waals surface area contributed by atoms with Gasteiger partial charge in [0, 0.05) is 41.6 Å². The fraction of sp³-hybridized carbons (Fsp3) is 0.286. The number of nitrogens with zero attached hydrogens (tertiary/aromatic N) is 2. The van der Waals surface area contributed by atoms with E-state index < -0.39 is 0 Å². The van der Waals surface area contributed by atoms with Crippen LogP contribution in [0.3, 0.4) is 0 Å². The average molecular weight is 374 g/mol. The maximum atomic E-state index is 11.6. The van der Waals surface area contributed by atoms with Crippen molar-refractivity contribution in [2.24, 2.45) is 0 Å². The number of anilines is 1. The van der Waals surface area contributed by atoms with Crippen molar-refractivity contribution < 1.29 is 14.3 Å². The summed E-state index contributed by atoms with van der Waals surface area (Å²) in [5.74, 6) is 4.58. The molecule has 1 aliphatic carbocycles. The molecule has 6 rings (SSSR count). The number of aromatic nitrogens is 3. The number of imidazole rings is 1. The SMILES string of the molecule is Cc1cnc(C2C3Oc4ccc(Oc5ccnc6c5CCC(=O)N6)cc4C32)[nH]1. The summed E-state index contributed by atoms with van der Waals surface area (Å²) >= 11 is 0. The number of amides is 1. The van der Waals surface area contributed by atoms with Crippen molar-refractivity contribution in [3.05, 3.63) is 59.3 Å². The standard InChI is InChI=1S/C21H18N4O3/c1-10-9-23-21(24-10)18-17-13-8-11(2-4-14(13)28-19(17)18)27-15-6-7-22-20-12(15)3-5-16(26)25-20/h2,4,6-9,17-19H,3,5H2,1H3,(H,23,24)(H,22,25,26). The number of carbonyl (C=O) groups excluding carboxylic acids is 1. The van der Waals surface area contributed by atoms with E-state index in [1.54, 1.807) is 6.20 Å². The second kappa shape index (κ2) is 5.58. The molecular weight excluding hydrogens is 356 g/mol. The zero-order valence-electron chi connectivity index (χ0n) is 15.2. The van der Waals surface area contributed by atoms with Crippen LogP contribution in [0.15, 0.2) is 36.7 Å². The van der Waals surface area contributed by atoms with Crippen molar-refractivity contribution in [1.82, 2.24) is 15.0 Å². The third-order valence-electron chi connectivity index (χ3n) is 5.70. The predicted octanol–water partition coefficient (Wildman–Crippen LogP) is 3.43. The van der Waals surface area contributed by atoms with Crippen LogP contribution >= 0.6 is 0 Å². The van der Waals surface area contributed by atoms with E-state index in [1.165, 1.54) is 0 Å². The van der Waals surface area contributed by atoms with Crippen LogP contribution in [0, 0.1) is 6.92 Å². The van der Waals surface area contributed by atoms with Gasteiger partial charge in [-0.25, -0.2) is 9.97 Å². The van der Waals surface area contributed by atoms with Crippen LogP contribution in [0.25, 0.3) is 0 Å². The molecule has 3 unspecified atom stereocenters. The highest BCUT2D eigenvalue weighted by atomic mass is 16.5. The largest absolute Gasteiger partial charge is 0.489 e. The molecule has 3 aromatic rings. The van der Waals surface area contributed by atoms with Crippen LogP contribution in [0.4, 0.5) is 5.82 Å². The molecule has 2 aromatic heterocycles. The van der Waals surface area contributed by atoms with Crippen molar-refractivity contribution in [2.45, 2.75) is 37.7 Å². The molecule has 140 valence electrons. The van der Waals surface area contributed by atoms with Crippen LogP contribution in [0.1, 0.15) is 40.9 Å². The number of pyridine rings is 1. The first-order valence-electron chi connectivity index (χ1n) is 9.45. The van der Waals surface area contributed by atoms with E-state index in [-0.39, 0.29) is 17.9 Å². The molecule has 0 spiro atoms. The Morgan fingerprint density at radius 3 is 2.96 bits per heavy atom. The molecule has 2 N–H and O–H groups in total. The third-order valence-corrected chi connectivity index (χ3v) is 5.70. The second-order valence-electron chi connectivity index (χ2n) is 7.57. The highest BCUT2D eigenvalue weighted by molar-refractivity contribution is 5.93. The lowest BCUT2D eigenvalue weighted by Gasteiger charge is -2.19. The minimum atomic E-state index is -0.00851. The van der Waals surface area contributed by atoms with Gasteiger partial charge in [0.1, 0.15) is 35.0 Å². The first-order chi connectivity index (χ1) is 13.7. The Kier molecular flexibility index (Phi) is 3.12. The molecule has 3 atom stereocenters. The predicted molar refractivity (Wildman–Crippen MR) is 101 cm³/mol. The van der Waals surface area contributed by atoms with Crippen LogP contribution in [-0.2, 0) is 11.2 Å². The van der Waals surface area contributed by atoms with Crippen molar-refractivity contribution in [3.8, 4) is 17.2 Å². The van der Waals surface area contributed by atoms with E-state index in [1.807, 2.05) is 31.3 Å². The van der Waals surface area contributed by atoms with Gasteiger partial charge in [-0.15, -0.1) is 0 Å². The van der Waals surface area contributed by atoms with Gasteiger partial charge in [-0.3, -0.25) is 4.79 Å². The number of ether oxygens (including phenoxy) is 2. The maximum absolute atomic E-state index is 11.6. The van der Waals surface area contributed by atoms with Gasteiger partial charge >= 0.3 is 0 Å². The van der Waals surface area contributed by atoms with Gasteiger partial charge in [-0.1, -0.05) is 0 Å². The van der Waals surface area contributed by atoms with Crippen LogP contribution in [0.5, 0.6) is 17.2 Å². The maximum Gasteiger partial charge on any atom is 0.225 e. The zero-order chi connectivity index (χ0) is 18.8. The fourth-order valence-corrected chi connectivity index (χ4v) is 4.31. The molecule has 0 saturated heterocycles. The Hall–Kier alpha value is -3.35. The summed E-state index contributed by atoms with van der Waals surface area (Å²) in [4.78, 5) is 23.6. The molecule has 4 heterocycles. The molecule has 2 aliphatic heterocycles. The molecule has 1 saturated carbocycles. The zero-order valence-corrected chi connectivity index (χ0v) is 15.2. The first-order valence-corrected chi connectivity index (χ1v) is 9.45. The molecule has 28 heavy (non-hydrogen) atoms. The van der Waals surface area contributed by atoms with Gasteiger partial charge in [-0.2, -0.15) is 0 Å². The van der Waals surface area contributed by atoms with E-state index in [0.29, 0.717) is 24.6 Å². The van der Waals surface area contributed by atoms with Gasteiger partial charge in [0.25, 0.3) is 0 Å². The van der Waals surface area contributed by atoms with Gasteiger partial charge < -0.3 is 19.8 Å². The molecule has 1 fully saturated rings. The second-order valence-corrected chi connectivity index (χ2v) is 7.57. The summed E-state index contributed by atoms with van der Waals surface area (Å²) in [6.07, 6.45) is 4.74. The molecule has 7 nitrogen and oxygen atoms in total. The Labute approximate surface area is 161 Å². The minimum Gasteiger partial charge on any atom is -0.489 e. The average Bonchev–Trinajstić information content (AvgIpc) is 3.02. The van der Waals surface area contributed by atoms with E-state index in [2.05, 4.69) is 26.3 Å². The third kappa shape index (κ3) is 2.32. The van der Waals surface area contributed by atoms with Gasteiger partial charge in [0.2, 0.25) is 5.91 Å². The summed E-state index contributed by atoms with van der Waals surface area (Å²) < 4.78 is 12.3. The van der Waals surface area contributed by atoms with Crippen molar-refractivity contribution in [1.29, 1.82) is 0 Å². The summed E-state index contributed by atoms with van der Waals surface area (Å²) in [6, 6.07) is 7.79. The van der Waals surface area contributed by atoms with Crippen LogP contribution in [-0.4, -0.2) is 27.0 Å². The monoisotopic (exact) mass is 374 g/mol. The van der Waals surface area contributed by atoms with Crippen molar-refractivity contribution in [2.75, 3.05) is 5.32 Å². The molecule has 1 aromatic carbocycles. The number of H-pyrrole nitrogens is 1. The fourth-order valence-electron chi connectivity index (χ4n) is 4.31. The molecule has 0 radical (unpaired) electrons. The van der Waals surface area contributed by atoms with Gasteiger partial charge in [0.15, 0.2) is 0 Å². The quantitative estimate of drug-likeness (QED) is 0.733. The molecule has 7 heteroatoms. The van der Waals surface area contributed by atoms with E-state index in [0.717, 1.165) is 39.9 Å². The van der Waals surface area contributed by atoms with E-state index >= 15 is 0 Å². The molecule has 1 amide bonds. The molecule has 3 aliphatic rings.